The number of pyridine rings is 1. The van der Waals surface area contributed by atoms with Crippen molar-refractivity contribution >= 4 is 11.4 Å². The third-order valence-electron chi connectivity index (χ3n) is 5.29. The molecule has 0 atom stereocenters. The van der Waals surface area contributed by atoms with Crippen molar-refractivity contribution in [3.63, 3.8) is 0 Å². The molecule has 4 rings (SSSR count). The highest BCUT2D eigenvalue weighted by Gasteiger charge is 2.38. The van der Waals surface area contributed by atoms with Crippen LogP contribution in [-0.4, -0.2) is 17.8 Å². The second-order valence-electron chi connectivity index (χ2n) is 8.17. The average molecular weight is 493 g/mol. The molecule has 1 N–H and O–H groups in total. The van der Waals surface area contributed by atoms with Crippen LogP contribution in [0.1, 0.15) is 30.5 Å². The summed E-state index contributed by atoms with van der Waals surface area (Å²) >= 11 is 0. The molecule has 184 valence electrons. The van der Waals surface area contributed by atoms with E-state index in [9.17, 15) is 26.3 Å². The maximum atomic E-state index is 13.4. The first kappa shape index (κ1) is 24.4. The maximum absolute atomic E-state index is 13.4. The van der Waals surface area contributed by atoms with Crippen molar-refractivity contribution in [2.45, 2.75) is 32.3 Å². The quantitative estimate of drug-likeness (QED) is 0.391. The number of aromatic nitrogens is 1. The van der Waals surface area contributed by atoms with Crippen LogP contribution in [0.4, 0.5) is 32.0 Å². The highest BCUT2D eigenvalue weighted by Crippen LogP contribution is 2.42. The van der Waals surface area contributed by atoms with Gasteiger partial charge < -0.3 is 15.0 Å². The zero-order valence-corrected chi connectivity index (χ0v) is 18.7. The first-order chi connectivity index (χ1) is 16.4. The van der Waals surface area contributed by atoms with E-state index in [2.05, 4.69) is 10.3 Å². The summed E-state index contributed by atoms with van der Waals surface area (Å²) in [6.45, 7) is 3.88. The molecule has 3 aromatic rings. The standard InChI is InChI=1S/C25H21F6N3O/c1-15(2)35-23-6-4-3-5-20(23)19-7-8-32-13-22(19)34-14-33-12-21(34)16-9-17(24(26,27)28)11-18(10-16)25(29,30)31/h3-13,15,33H,14H2,1-2H3. The Labute approximate surface area is 197 Å². The smallest absolute Gasteiger partial charge is 0.416 e. The fourth-order valence-electron chi connectivity index (χ4n) is 3.83. The lowest BCUT2D eigenvalue weighted by Crippen LogP contribution is -2.24. The molecule has 0 bridgehead atoms. The van der Waals surface area contributed by atoms with Crippen molar-refractivity contribution < 1.29 is 31.1 Å². The number of rotatable bonds is 5. The molecule has 0 fully saturated rings. The Bertz CT molecular complexity index is 1220. The monoisotopic (exact) mass is 493 g/mol. The van der Waals surface area contributed by atoms with E-state index >= 15 is 0 Å². The van der Waals surface area contributed by atoms with Gasteiger partial charge in [0.1, 0.15) is 5.75 Å². The van der Waals surface area contributed by atoms with Crippen molar-refractivity contribution in [1.82, 2.24) is 10.3 Å². The zero-order chi connectivity index (χ0) is 25.4. The number of nitrogens with zero attached hydrogens (tertiary/aromatic N) is 2. The lowest BCUT2D eigenvalue weighted by molar-refractivity contribution is -0.143. The Morgan fingerprint density at radius 1 is 0.914 bits per heavy atom. The number of hydrogen-bond donors (Lipinski definition) is 1. The van der Waals surface area contributed by atoms with Crippen molar-refractivity contribution in [3.05, 3.63) is 83.8 Å². The van der Waals surface area contributed by atoms with Gasteiger partial charge in [-0.25, -0.2) is 0 Å². The zero-order valence-electron chi connectivity index (χ0n) is 18.7. The highest BCUT2D eigenvalue weighted by atomic mass is 19.4. The van der Waals surface area contributed by atoms with Gasteiger partial charge in [-0.3, -0.25) is 4.98 Å². The van der Waals surface area contributed by atoms with E-state index in [1.54, 1.807) is 23.2 Å². The van der Waals surface area contributed by atoms with E-state index < -0.39 is 23.5 Å². The molecule has 0 spiro atoms. The molecule has 0 saturated heterocycles. The second kappa shape index (κ2) is 9.16. The fraction of sp³-hybridized carbons (Fsp3) is 0.240. The van der Waals surface area contributed by atoms with Gasteiger partial charge in [0.2, 0.25) is 0 Å². The molecule has 2 aromatic carbocycles. The Morgan fingerprint density at radius 3 is 2.20 bits per heavy atom. The van der Waals surface area contributed by atoms with Crippen LogP contribution in [0.15, 0.2) is 67.1 Å². The molecule has 0 aliphatic carbocycles. The van der Waals surface area contributed by atoms with Crippen LogP contribution in [0, 0.1) is 0 Å². The number of benzene rings is 2. The molecule has 0 saturated carbocycles. The van der Waals surface area contributed by atoms with Crippen molar-refractivity contribution in [3.8, 4) is 16.9 Å². The minimum atomic E-state index is -4.94. The largest absolute Gasteiger partial charge is 0.490 e. The van der Waals surface area contributed by atoms with Gasteiger partial charge in [0.15, 0.2) is 0 Å². The molecule has 1 aromatic heterocycles. The number of nitrogens with one attached hydrogen (secondary N) is 1. The summed E-state index contributed by atoms with van der Waals surface area (Å²) in [5.74, 6) is 0.589. The summed E-state index contributed by atoms with van der Waals surface area (Å²) in [5.41, 5.74) is -0.959. The SMILES string of the molecule is CC(C)Oc1ccccc1-c1ccncc1N1CNC=C1c1cc(C(F)(F)F)cc(C(F)(F)F)c1. The van der Waals surface area contributed by atoms with Gasteiger partial charge in [-0.1, -0.05) is 18.2 Å². The van der Waals surface area contributed by atoms with Gasteiger partial charge in [0.25, 0.3) is 0 Å². The molecule has 0 amide bonds. The Balaban J connectivity index is 1.83. The molecule has 4 nitrogen and oxygen atoms in total. The average Bonchev–Trinajstić information content (AvgIpc) is 3.27. The first-order valence-corrected chi connectivity index (χ1v) is 10.7. The number of hydrogen-bond acceptors (Lipinski definition) is 4. The topological polar surface area (TPSA) is 37.4 Å². The van der Waals surface area contributed by atoms with E-state index in [4.69, 9.17) is 4.74 Å². The molecule has 1 aliphatic heterocycles. The fourth-order valence-corrected chi connectivity index (χ4v) is 3.83. The second-order valence-corrected chi connectivity index (χ2v) is 8.17. The number of ether oxygens (including phenoxy) is 1. The van der Waals surface area contributed by atoms with E-state index in [1.165, 1.54) is 12.4 Å². The number of halogens is 6. The molecular weight excluding hydrogens is 472 g/mol. The van der Waals surface area contributed by atoms with Crippen LogP contribution in [0.25, 0.3) is 16.8 Å². The van der Waals surface area contributed by atoms with Gasteiger partial charge in [0.05, 0.1) is 41.5 Å². The van der Waals surface area contributed by atoms with Gasteiger partial charge >= 0.3 is 12.4 Å². The molecule has 2 heterocycles. The summed E-state index contributed by atoms with van der Waals surface area (Å²) < 4.78 is 86.5. The van der Waals surface area contributed by atoms with Gasteiger partial charge in [-0.2, -0.15) is 26.3 Å². The normalized spacial score (nSPS) is 14.2. The van der Waals surface area contributed by atoms with Crippen molar-refractivity contribution in [2.75, 3.05) is 11.6 Å². The van der Waals surface area contributed by atoms with Gasteiger partial charge in [-0.15, -0.1) is 0 Å². The minimum absolute atomic E-state index is 0.115. The molecule has 10 heteroatoms. The Kier molecular flexibility index (Phi) is 6.40. The summed E-state index contributed by atoms with van der Waals surface area (Å²) in [6.07, 6.45) is -5.54. The first-order valence-electron chi connectivity index (χ1n) is 10.7. The van der Waals surface area contributed by atoms with Crippen LogP contribution in [0.3, 0.4) is 0 Å². The molecule has 0 radical (unpaired) electrons. The maximum Gasteiger partial charge on any atom is 0.416 e. The predicted octanol–water partition coefficient (Wildman–Crippen LogP) is 6.94. The van der Waals surface area contributed by atoms with Crippen LogP contribution >= 0.6 is 0 Å². The van der Waals surface area contributed by atoms with Gasteiger partial charge in [0, 0.05) is 29.1 Å². The molecule has 35 heavy (non-hydrogen) atoms. The van der Waals surface area contributed by atoms with E-state index in [-0.39, 0.29) is 30.1 Å². The van der Waals surface area contributed by atoms with E-state index in [1.807, 2.05) is 32.0 Å². The molecular formula is C25H21F6N3O. The van der Waals surface area contributed by atoms with E-state index in [0.717, 1.165) is 0 Å². The van der Waals surface area contributed by atoms with Crippen LogP contribution in [0.5, 0.6) is 5.75 Å². The number of anilines is 1. The molecule has 0 unspecified atom stereocenters. The lowest BCUT2D eigenvalue weighted by Gasteiger charge is -2.26. The van der Waals surface area contributed by atoms with Crippen LogP contribution in [-0.2, 0) is 12.4 Å². The van der Waals surface area contributed by atoms with Crippen LogP contribution < -0.4 is 15.0 Å². The third-order valence-corrected chi connectivity index (χ3v) is 5.29. The molecule has 1 aliphatic rings. The Hall–Kier alpha value is -3.69. The summed E-state index contributed by atoms with van der Waals surface area (Å²) in [6, 6.07) is 10.5. The summed E-state index contributed by atoms with van der Waals surface area (Å²) in [5, 5.41) is 2.90. The van der Waals surface area contributed by atoms with Gasteiger partial charge in [-0.05, 0) is 44.2 Å². The highest BCUT2D eigenvalue weighted by molar-refractivity contribution is 5.90. The third kappa shape index (κ3) is 5.21. The van der Waals surface area contributed by atoms with Crippen molar-refractivity contribution in [2.24, 2.45) is 0 Å². The number of alkyl halides is 6. The van der Waals surface area contributed by atoms with E-state index in [0.29, 0.717) is 34.7 Å². The summed E-state index contributed by atoms with van der Waals surface area (Å²) in [7, 11) is 0. The lowest BCUT2D eigenvalue weighted by atomic mass is 10.0. The minimum Gasteiger partial charge on any atom is -0.490 e. The predicted molar refractivity (Wildman–Crippen MR) is 120 cm³/mol. The number of para-hydroxylation sites is 1. The Morgan fingerprint density at radius 2 is 1.57 bits per heavy atom. The van der Waals surface area contributed by atoms with Crippen LogP contribution in [0.2, 0.25) is 0 Å². The summed E-state index contributed by atoms with van der Waals surface area (Å²) in [4.78, 5) is 5.74. The van der Waals surface area contributed by atoms with Crippen molar-refractivity contribution in [1.29, 1.82) is 0 Å².